The van der Waals surface area contributed by atoms with Crippen LogP contribution in [0.5, 0.6) is 0 Å². The summed E-state index contributed by atoms with van der Waals surface area (Å²) in [5.41, 5.74) is 5.35. The Labute approximate surface area is 133 Å². The Morgan fingerprint density at radius 3 is 1.87 bits per heavy atom. The SMILES string of the molecule is CCC(=O)OC(COP(=O)(O)OC[C@H](N)C(C)=O)OC(=O)CC. The first-order valence-corrected chi connectivity index (χ1v) is 8.37. The van der Waals surface area contributed by atoms with E-state index in [1.807, 2.05) is 0 Å². The van der Waals surface area contributed by atoms with Crippen LogP contribution in [0.25, 0.3) is 0 Å². The molecule has 134 valence electrons. The summed E-state index contributed by atoms with van der Waals surface area (Å²) in [7, 11) is -4.56. The molecule has 1 unspecified atom stereocenters. The van der Waals surface area contributed by atoms with Crippen molar-refractivity contribution in [2.75, 3.05) is 13.2 Å². The largest absolute Gasteiger partial charge is 0.472 e. The molecule has 0 amide bonds. The van der Waals surface area contributed by atoms with E-state index in [0.717, 1.165) is 0 Å². The van der Waals surface area contributed by atoms with Gasteiger partial charge in [-0.25, -0.2) is 4.57 Å². The summed E-state index contributed by atoms with van der Waals surface area (Å²) in [6.07, 6.45) is -1.46. The molecule has 2 atom stereocenters. The zero-order valence-corrected chi connectivity index (χ0v) is 14.1. The number of phosphoric acid groups is 1. The van der Waals surface area contributed by atoms with E-state index in [0.29, 0.717) is 0 Å². The van der Waals surface area contributed by atoms with Crippen LogP contribution in [0.2, 0.25) is 0 Å². The van der Waals surface area contributed by atoms with E-state index in [2.05, 4.69) is 9.05 Å². The standard InChI is InChI=1S/C12H22NO9P/c1-4-10(15)21-12(22-11(16)5-2)7-20-23(17,18)19-6-9(13)8(3)14/h9,12H,4-7,13H2,1-3H3,(H,17,18)/t9-/m0/s1. The molecule has 0 saturated heterocycles. The molecule has 3 N–H and O–H groups in total. The van der Waals surface area contributed by atoms with Gasteiger partial charge in [0, 0.05) is 12.8 Å². The molecule has 0 heterocycles. The Morgan fingerprint density at radius 1 is 1.04 bits per heavy atom. The van der Waals surface area contributed by atoms with Gasteiger partial charge >= 0.3 is 19.8 Å². The molecule has 23 heavy (non-hydrogen) atoms. The molecule has 0 rings (SSSR count). The molecule has 0 fully saturated rings. The molecule has 0 aliphatic heterocycles. The molecular weight excluding hydrogens is 333 g/mol. The molecule has 0 aromatic carbocycles. The molecule has 0 spiro atoms. The normalized spacial score (nSPS) is 14.9. The van der Waals surface area contributed by atoms with Crippen LogP contribution in [0, 0.1) is 0 Å². The van der Waals surface area contributed by atoms with Gasteiger partial charge in [0.1, 0.15) is 12.4 Å². The summed E-state index contributed by atoms with van der Waals surface area (Å²) in [6.45, 7) is 3.00. The highest BCUT2D eigenvalue weighted by Gasteiger charge is 2.28. The first kappa shape index (κ1) is 21.7. The maximum atomic E-state index is 11.6. The van der Waals surface area contributed by atoms with E-state index >= 15 is 0 Å². The van der Waals surface area contributed by atoms with Gasteiger partial charge in [0.05, 0.1) is 12.6 Å². The number of rotatable bonds is 11. The quantitative estimate of drug-likeness (QED) is 0.300. The maximum Gasteiger partial charge on any atom is 0.472 e. The van der Waals surface area contributed by atoms with Gasteiger partial charge in [0.15, 0.2) is 0 Å². The smallest absolute Gasteiger partial charge is 0.423 e. The third-order valence-corrected chi connectivity index (χ3v) is 3.37. The average molecular weight is 355 g/mol. The maximum absolute atomic E-state index is 11.6. The molecule has 0 aromatic heterocycles. The van der Waals surface area contributed by atoms with Crippen molar-refractivity contribution in [1.82, 2.24) is 0 Å². The first-order chi connectivity index (χ1) is 10.6. The van der Waals surface area contributed by atoms with Gasteiger partial charge in [-0.05, 0) is 6.92 Å². The zero-order chi connectivity index (χ0) is 18.0. The second-order valence-corrected chi connectivity index (χ2v) is 5.85. The van der Waals surface area contributed by atoms with Crippen molar-refractivity contribution in [3.8, 4) is 0 Å². The summed E-state index contributed by atoms with van der Waals surface area (Å²) in [5, 5.41) is 0. The Balaban J connectivity index is 4.55. The molecule has 0 saturated carbocycles. The summed E-state index contributed by atoms with van der Waals surface area (Å²) in [6, 6.07) is -1.08. The van der Waals surface area contributed by atoms with E-state index < -0.39 is 51.1 Å². The van der Waals surface area contributed by atoms with Gasteiger partial charge in [-0.1, -0.05) is 13.8 Å². The molecule has 0 radical (unpaired) electrons. The van der Waals surface area contributed by atoms with Gasteiger partial charge in [-0.2, -0.15) is 0 Å². The van der Waals surface area contributed by atoms with E-state index in [4.69, 9.17) is 15.2 Å². The predicted molar refractivity (Wildman–Crippen MR) is 76.9 cm³/mol. The van der Waals surface area contributed by atoms with Crippen molar-refractivity contribution in [2.24, 2.45) is 5.73 Å². The fourth-order valence-electron chi connectivity index (χ4n) is 1.04. The number of Topliss-reactive ketones (excluding diaryl/α,β-unsaturated/α-hetero) is 1. The van der Waals surface area contributed by atoms with Crippen molar-refractivity contribution in [2.45, 2.75) is 45.9 Å². The molecular formula is C12H22NO9P. The molecule has 0 aliphatic rings. The number of hydrogen-bond donors (Lipinski definition) is 2. The number of ether oxygens (including phenoxy) is 2. The number of carbonyl (C=O) groups is 3. The fraction of sp³-hybridized carbons (Fsp3) is 0.750. The van der Waals surface area contributed by atoms with Gasteiger partial charge in [0.2, 0.25) is 0 Å². The molecule has 0 aliphatic carbocycles. The number of hydrogen-bond acceptors (Lipinski definition) is 9. The molecule has 10 nitrogen and oxygen atoms in total. The van der Waals surface area contributed by atoms with Gasteiger partial charge in [-0.3, -0.25) is 23.4 Å². The Bertz CT molecular complexity index is 449. The summed E-state index contributed by atoms with van der Waals surface area (Å²) in [4.78, 5) is 42.8. The van der Waals surface area contributed by atoms with Crippen LogP contribution in [0.15, 0.2) is 0 Å². The monoisotopic (exact) mass is 355 g/mol. The summed E-state index contributed by atoms with van der Waals surface area (Å²) >= 11 is 0. The lowest BCUT2D eigenvalue weighted by Gasteiger charge is -2.20. The predicted octanol–water partition coefficient (Wildman–Crippen LogP) is 0.269. The van der Waals surface area contributed by atoms with Crippen LogP contribution in [-0.4, -0.2) is 48.2 Å². The van der Waals surface area contributed by atoms with Crippen molar-refractivity contribution >= 4 is 25.5 Å². The minimum absolute atomic E-state index is 0.0148. The lowest BCUT2D eigenvalue weighted by atomic mass is 10.2. The number of phosphoric ester groups is 1. The van der Waals surface area contributed by atoms with Crippen LogP contribution in [0.4, 0.5) is 0 Å². The number of esters is 2. The van der Waals surface area contributed by atoms with Crippen LogP contribution in [0.3, 0.4) is 0 Å². The Hall–Kier alpha value is -1.32. The Morgan fingerprint density at radius 2 is 1.48 bits per heavy atom. The van der Waals surface area contributed by atoms with Gasteiger partial charge < -0.3 is 20.1 Å². The topological polar surface area (TPSA) is 151 Å². The highest BCUT2D eigenvalue weighted by Crippen LogP contribution is 2.43. The van der Waals surface area contributed by atoms with E-state index in [-0.39, 0.29) is 12.8 Å². The van der Waals surface area contributed by atoms with Crippen molar-refractivity contribution in [1.29, 1.82) is 0 Å². The van der Waals surface area contributed by atoms with E-state index in [9.17, 15) is 23.8 Å². The Kier molecular flexibility index (Phi) is 9.85. The van der Waals surface area contributed by atoms with Crippen molar-refractivity contribution in [3.63, 3.8) is 0 Å². The fourth-order valence-corrected chi connectivity index (χ4v) is 1.77. The molecule has 0 aromatic rings. The van der Waals surface area contributed by atoms with E-state index in [1.165, 1.54) is 20.8 Å². The minimum Gasteiger partial charge on any atom is -0.423 e. The first-order valence-electron chi connectivity index (χ1n) is 6.88. The number of nitrogens with two attached hydrogens (primary N) is 1. The van der Waals surface area contributed by atoms with Crippen LogP contribution < -0.4 is 5.73 Å². The lowest BCUT2D eigenvalue weighted by molar-refractivity contribution is -0.193. The van der Waals surface area contributed by atoms with Crippen molar-refractivity contribution in [3.05, 3.63) is 0 Å². The third kappa shape index (κ3) is 10.1. The van der Waals surface area contributed by atoms with E-state index in [1.54, 1.807) is 0 Å². The number of carbonyl (C=O) groups excluding carboxylic acids is 3. The average Bonchev–Trinajstić information content (AvgIpc) is 2.49. The summed E-state index contributed by atoms with van der Waals surface area (Å²) in [5.74, 6) is -1.80. The molecule has 0 bridgehead atoms. The highest BCUT2D eigenvalue weighted by molar-refractivity contribution is 7.47. The second-order valence-electron chi connectivity index (χ2n) is 4.39. The zero-order valence-electron chi connectivity index (χ0n) is 13.2. The lowest BCUT2D eigenvalue weighted by Crippen LogP contribution is -2.33. The summed E-state index contributed by atoms with van der Waals surface area (Å²) < 4.78 is 30.2. The van der Waals surface area contributed by atoms with Crippen molar-refractivity contribution < 1.29 is 42.4 Å². The third-order valence-electron chi connectivity index (χ3n) is 2.42. The highest BCUT2D eigenvalue weighted by atomic mass is 31.2. The van der Waals surface area contributed by atoms with Gasteiger partial charge in [0.25, 0.3) is 6.29 Å². The number of ketones is 1. The van der Waals surface area contributed by atoms with Crippen LogP contribution >= 0.6 is 7.82 Å². The van der Waals surface area contributed by atoms with Gasteiger partial charge in [-0.15, -0.1) is 0 Å². The second kappa shape index (κ2) is 10.5. The van der Waals surface area contributed by atoms with Crippen LogP contribution in [0.1, 0.15) is 33.6 Å². The molecule has 11 heteroatoms. The minimum atomic E-state index is -4.56. The van der Waals surface area contributed by atoms with Crippen LogP contribution in [-0.2, 0) is 37.5 Å².